The van der Waals surface area contributed by atoms with E-state index in [1.807, 2.05) is 0 Å². The first-order chi connectivity index (χ1) is 6.18. The molecule has 1 heterocycles. The largest absolute Gasteiger partial charge is 0.396 e. The molecule has 2 rings (SSSR count). The highest BCUT2D eigenvalue weighted by atomic mass is 16.2. The zero-order chi connectivity index (χ0) is 9.42. The van der Waals surface area contributed by atoms with Crippen molar-refractivity contribution in [3.63, 3.8) is 0 Å². The Hall–Kier alpha value is -1.62. The van der Waals surface area contributed by atoms with Gasteiger partial charge in [-0.05, 0) is 17.7 Å². The molecular formula is C8H9N3O2. The van der Waals surface area contributed by atoms with E-state index in [4.69, 9.17) is 5.73 Å². The van der Waals surface area contributed by atoms with Crippen LogP contribution in [0.25, 0.3) is 0 Å². The van der Waals surface area contributed by atoms with Crippen molar-refractivity contribution in [3.8, 4) is 0 Å². The summed E-state index contributed by atoms with van der Waals surface area (Å²) in [5.74, 6) is -0.769. The van der Waals surface area contributed by atoms with Crippen LogP contribution in [-0.4, -0.2) is 18.2 Å². The second-order valence-electron chi connectivity index (χ2n) is 3.03. The lowest BCUT2D eigenvalue weighted by Gasteiger charge is -2.26. The van der Waals surface area contributed by atoms with Crippen LogP contribution in [-0.2, 0) is 9.59 Å². The number of hydrazine groups is 1. The lowest BCUT2D eigenvalue weighted by molar-refractivity contribution is -0.124. The molecule has 0 radical (unpaired) electrons. The van der Waals surface area contributed by atoms with Gasteiger partial charge < -0.3 is 5.73 Å². The topological polar surface area (TPSA) is 84.2 Å². The summed E-state index contributed by atoms with van der Waals surface area (Å²) in [6, 6.07) is 0. The fraction of sp³-hybridized carbons (Fsp3) is 0.250. The second kappa shape index (κ2) is 2.70. The van der Waals surface area contributed by atoms with Gasteiger partial charge in [0.05, 0.1) is 11.6 Å². The first-order valence-electron chi connectivity index (χ1n) is 3.93. The third kappa shape index (κ3) is 1.23. The molecule has 0 spiro atoms. The average molecular weight is 179 g/mol. The quantitative estimate of drug-likeness (QED) is 0.426. The van der Waals surface area contributed by atoms with Gasteiger partial charge in [-0.3, -0.25) is 15.0 Å². The van der Waals surface area contributed by atoms with Crippen molar-refractivity contribution in [1.82, 2.24) is 10.9 Å². The smallest absolute Gasteiger partial charge is 0.245 e. The van der Waals surface area contributed by atoms with Gasteiger partial charge in [-0.1, -0.05) is 0 Å². The predicted octanol–water partition coefficient (Wildman–Crippen LogP) is -1.41. The maximum atomic E-state index is 11.3. The van der Waals surface area contributed by atoms with E-state index >= 15 is 0 Å². The second-order valence-corrected chi connectivity index (χ2v) is 3.03. The van der Waals surface area contributed by atoms with Crippen LogP contribution in [0.4, 0.5) is 0 Å². The van der Waals surface area contributed by atoms with E-state index in [-0.39, 0.29) is 23.3 Å². The minimum absolute atomic E-state index is 0.144. The Bertz CT molecular complexity index is 343. The van der Waals surface area contributed by atoms with Crippen LogP contribution >= 0.6 is 0 Å². The molecule has 1 amide bonds. The Morgan fingerprint density at radius 2 is 2.23 bits per heavy atom. The minimum atomic E-state index is -0.376. The molecular weight excluding hydrogens is 170 g/mol. The van der Waals surface area contributed by atoms with Crippen LogP contribution in [0.5, 0.6) is 0 Å². The number of nitrogens with two attached hydrogens (primary N) is 1. The van der Waals surface area contributed by atoms with Gasteiger partial charge in [-0.2, -0.15) is 0 Å². The lowest BCUT2D eigenvalue weighted by Crippen LogP contribution is -2.49. The summed E-state index contributed by atoms with van der Waals surface area (Å²) in [5, 5.41) is 0. The maximum Gasteiger partial charge on any atom is 0.245 e. The van der Waals surface area contributed by atoms with Gasteiger partial charge >= 0.3 is 0 Å². The number of hydrogen-bond acceptors (Lipinski definition) is 4. The fourth-order valence-corrected chi connectivity index (χ4v) is 1.43. The standard InChI is InChI=1S/C8H9N3O2/c9-6-2-5-4(1-7(6)12)3-10-11-8(5)13/h1-2,5,10H,3,9H2,(H,11,13). The van der Waals surface area contributed by atoms with Crippen LogP contribution in [0.3, 0.4) is 0 Å². The van der Waals surface area contributed by atoms with Crippen molar-refractivity contribution in [2.75, 3.05) is 6.54 Å². The number of carbonyl (C=O) groups excluding carboxylic acids is 2. The van der Waals surface area contributed by atoms with Crippen LogP contribution in [0.1, 0.15) is 0 Å². The third-order valence-corrected chi connectivity index (χ3v) is 2.13. The summed E-state index contributed by atoms with van der Waals surface area (Å²) in [7, 11) is 0. The van der Waals surface area contributed by atoms with E-state index in [0.29, 0.717) is 6.54 Å². The molecule has 0 aromatic carbocycles. The summed E-state index contributed by atoms with van der Waals surface area (Å²) < 4.78 is 0. The minimum Gasteiger partial charge on any atom is -0.396 e. The zero-order valence-electron chi connectivity index (χ0n) is 6.83. The van der Waals surface area contributed by atoms with Crippen molar-refractivity contribution in [2.24, 2.45) is 11.7 Å². The number of ketones is 1. The highest BCUT2D eigenvalue weighted by Gasteiger charge is 2.29. The van der Waals surface area contributed by atoms with E-state index in [2.05, 4.69) is 10.9 Å². The summed E-state index contributed by atoms with van der Waals surface area (Å²) in [5.41, 5.74) is 11.5. The van der Waals surface area contributed by atoms with Crippen molar-refractivity contribution in [2.45, 2.75) is 0 Å². The first kappa shape index (κ1) is 8.00. The van der Waals surface area contributed by atoms with E-state index in [1.54, 1.807) is 0 Å². The summed E-state index contributed by atoms with van der Waals surface area (Å²) in [4.78, 5) is 22.4. The van der Waals surface area contributed by atoms with Crippen LogP contribution < -0.4 is 16.6 Å². The number of amides is 1. The van der Waals surface area contributed by atoms with E-state index in [0.717, 1.165) is 5.57 Å². The summed E-state index contributed by atoms with van der Waals surface area (Å²) in [6.45, 7) is 0.492. The number of hydrogen-bond donors (Lipinski definition) is 3. The molecule has 1 aliphatic carbocycles. The number of rotatable bonds is 0. The molecule has 5 heteroatoms. The number of allylic oxidation sites excluding steroid dienone is 1. The lowest BCUT2D eigenvalue weighted by atomic mass is 9.89. The monoisotopic (exact) mass is 179 g/mol. The van der Waals surface area contributed by atoms with Gasteiger partial charge in [0.25, 0.3) is 0 Å². The van der Waals surface area contributed by atoms with Gasteiger partial charge in [0.2, 0.25) is 11.7 Å². The molecule has 0 aromatic heterocycles. The Kier molecular flexibility index (Phi) is 1.66. The molecule has 5 nitrogen and oxygen atoms in total. The van der Waals surface area contributed by atoms with E-state index < -0.39 is 0 Å². The van der Waals surface area contributed by atoms with Crippen LogP contribution in [0, 0.1) is 5.92 Å². The Morgan fingerprint density at radius 3 is 3.00 bits per heavy atom. The third-order valence-electron chi connectivity index (χ3n) is 2.13. The zero-order valence-corrected chi connectivity index (χ0v) is 6.83. The molecule has 4 N–H and O–H groups in total. The molecule has 1 atom stereocenters. The normalized spacial score (nSPS) is 27.2. The number of carbonyl (C=O) groups is 2. The predicted molar refractivity (Wildman–Crippen MR) is 45.0 cm³/mol. The van der Waals surface area contributed by atoms with Gasteiger partial charge in [-0.15, -0.1) is 0 Å². The number of fused-ring (bicyclic) bond motifs is 1. The Balaban J connectivity index is 2.36. The number of nitrogens with one attached hydrogen (secondary N) is 2. The first-order valence-corrected chi connectivity index (χ1v) is 3.93. The van der Waals surface area contributed by atoms with Crippen LogP contribution in [0.15, 0.2) is 23.4 Å². The fourth-order valence-electron chi connectivity index (χ4n) is 1.43. The molecule has 1 fully saturated rings. The van der Waals surface area contributed by atoms with Gasteiger partial charge in [0.15, 0.2) is 0 Å². The van der Waals surface area contributed by atoms with Crippen molar-refractivity contribution < 1.29 is 9.59 Å². The van der Waals surface area contributed by atoms with E-state index in [9.17, 15) is 9.59 Å². The van der Waals surface area contributed by atoms with Crippen molar-refractivity contribution >= 4 is 11.7 Å². The van der Waals surface area contributed by atoms with Gasteiger partial charge in [0.1, 0.15) is 0 Å². The molecule has 2 aliphatic rings. The molecule has 68 valence electrons. The van der Waals surface area contributed by atoms with Crippen molar-refractivity contribution in [1.29, 1.82) is 0 Å². The SMILES string of the molecule is NC1=CC2C(=O)NNCC2=CC1=O. The van der Waals surface area contributed by atoms with Crippen molar-refractivity contribution in [3.05, 3.63) is 23.4 Å². The molecule has 0 saturated carbocycles. The molecule has 0 aromatic rings. The molecule has 1 saturated heterocycles. The molecule has 0 bridgehead atoms. The summed E-state index contributed by atoms with van der Waals surface area (Å²) in [6.07, 6.45) is 2.92. The average Bonchev–Trinajstić information content (AvgIpc) is 2.09. The van der Waals surface area contributed by atoms with Gasteiger partial charge in [-0.25, -0.2) is 5.43 Å². The highest BCUT2D eigenvalue weighted by Crippen LogP contribution is 2.20. The Labute approximate surface area is 74.6 Å². The molecule has 13 heavy (non-hydrogen) atoms. The highest BCUT2D eigenvalue weighted by molar-refractivity contribution is 6.06. The maximum absolute atomic E-state index is 11.3. The van der Waals surface area contributed by atoms with Gasteiger partial charge in [0, 0.05) is 6.54 Å². The molecule has 1 aliphatic heterocycles. The molecule has 1 unspecified atom stereocenters. The summed E-state index contributed by atoms with van der Waals surface area (Å²) >= 11 is 0. The van der Waals surface area contributed by atoms with E-state index in [1.165, 1.54) is 12.2 Å². The Morgan fingerprint density at radius 1 is 1.46 bits per heavy atom. The van der Waals surface area contributed by atoms with Crippen LogP contribution in [0.2, 0.25) is 0 Å².